The fraction of sp³-hybridized carbons (Fsp3) is 0.433. The van der Waals surface area contributed by atoms with Crippen molar-refractivity contribution in [3.8, 4) is 0 Å². The number of aromatic amines is 1. The number of anilines is 1. The molecule has 9 nitrogen and oxygen atoms in total. The van der Waals surface area contributed by atoms with E-state index in [1.54, 1.807) is 41.5 Å². The predicted molar refractivity (Wildman–Crippen MR) is 147 cm³/mol. The molecule has 0 saturated carbocycles. The summed E-state index contributed by atoms with van der Waals surface area (Å²) < 4.78 is 16.9. The van der Waals surface area contributed by atoms with Gasteiger partial charge in [-0.05, 0) is 71.2 Å². The van der Waals surface area contributed by atoms with Crippen molar-refractivity contribution in [2.24, 2.45) is 0 Å². The Kier molecular flexibility index (Phi) is 6.16. The minimum Gasteiger partial charge on any atom is -0.467 e. The molecule has 1 fully saturated rings. The molecule has 0 spiro atoms. The molecule has 0 unspecified atom stereocenters. The van der Waals surface area contributed by atoms with Crippen LogP contribution in [0.25, 0.3) is 10.9 Å². The quantitative estimate of drug-likeness (QED) is 0.334. The number of hydrogen-bond acceptors (Lipinski definition) is 6. The first-order valence-corrected chi connectivity index (χ1v) is 13.1. The Morgan fingerprint density at radius 1 is 0.872 bits per heavy atom. The van der Waals surface area contributed by atoms with Gasteiger partial charge in [0, 0.05) is 17.1 Å². The molecular weight excluding hydrogens is 498 g/mol. The summed E-state index contributed by atoms with van der Waals surface area (Å²) in [4.78, 5) is 47.4. The van der Waals surface area contributed by atoms with E-state index in [2.05, 4.69) is 4.98 Å². The van der Waals surface area contributed by atoms with Gasteiger partial charge in [0.05, 0.1) is 18.2 Å². The molecule has 2 aromatic carbocycles. The number of fused-ring (bicyclic) bond motifs is 4. The third kappa shape index (κ3) is 4.30. The van der Waals surface area contributed by atoms with Crippen LogP contribution in [-0.4, -0.2) is 58.6 Å². The van der Waals surface area contributed by atoms with Crippen LogP contribution < -0.4 is 4.90 Å². The molecule has 1 N–H and O–H groups in total. The molecule has 9 heteroatoms. The number of H-pyrrole nitrogens is 1. The van der Waals surface area contributed by atoms with Gasteiger partial charge in [-0.2, -0.15) is 0 Å². The molecule has 3 atom stereocenters. The first-order valence-electron chi connectivity index (χ1n) is 13.1. The van der Waals surface area contributed by atoms with Crippen LogP contribution in [0.3, 0.4) is 0 Å². The van der Waals surface area contributed by atoms with Gasteiger partial charge in [0.1, 0.15) is 23.4 Å². The third-order valence-electron chi connectivity index (χ3n) is 7.18. The zero-order valence-electron chi connectivity index (χ0n) is 23.4. The summed E-state index contributed by atoms with van der Waals surface area (Å²) in [5.41, 5.74) is 0.564. The van der Waals surface area contributed by atoms with Crippen molar-refractivity contribution in [2.45, 2.75) is 76.8 Å². The first kappa shape index (κ1) is 26.6. The van der Waals surface area contributed by atoms with Crippen LogP contribution in [0.1, 0.15) is 59.1 Å². The standard InChI is InChI=1S/C30H35N3O6/c1-28(2,3)38-26(35)32-22-15-11-9-13-19(22)30(20-17-31-21-14-10-8-12-18(20)21)16-23(24(34)37-7)33(25(30)32)27(36)39-29(4,5)6/h8-15,17,23,25,31H,16H2,1-7H3/t23-,25+,30+/m0/s1. The van der Waals surface area contributed by atoms with Crippen LogP contribution in [-0.2, 0) is 24.4 Å². The van der Waals surface area contributed by atoms with E-state index in [1.165, 1.54) is 16.9 Å². The number of likely N-dealkylation sites (tertiary alicyclic amines) is 1. The highest BCUT2D eigenvalue weighted by molar-refractivity contribution is 5.98. The molecule has 0 aliphatic carbocycles. The number of ether oxygens (including phenoxy) is 3. The van der Waals surface area contributed by atoms with Gasteiger partial charge >= 0.3 is 18.2 Å². The largest absolute Gasteiger partial charge is 0.467 e. The van der Waals surface area contributed by atoms with Crippen LogP contribution in [0.15, 0.2) is 54.7 Å². The molecule has 3 heterocycles. The van der Waals surface area contributed by atoms with E-state index in [9.17, 15) is 14.4 Å². The SMILES string of the molecule is COC(=O)[C@@H]1C[C@]2(c3c[nH]c4ccccc34)c3ccccc3N(C(=O)OC(C)(C)C)[C@@H]2N1C(=O)OC(C)(C)C. The Hall–Kier alpha value is -4.01. The normalized spacial score (nSPS) is 22.4. The van der Waals surface area contributed by atoms with Crippen molar-refractivity contribution in [1.29, 1.82) is 0 Å². The number of nitrogens with one attached hydrogen (secondary N) is 1. The Balaban J connectivity index is 1.82. The summed E-state index contributed by atoms with van der Waals surface area (Å²) in [5.74, 6) is -0.587. The highest BCUT2D eigenvalue weighted by Gasteiger charge is 2.67. The number of benzene rings is 2. The topological polar surface area (TPSA) is 101 Å². The Morgan fingerprint density at radius 3 is 2.15 bits per heavy atom. The van der Waals surface area contributed by atoms with Crippen LogP contribution in [0.4, 0.5) is 15.3 Å². The minimum atomic E-state index is -1.01. The lowest BCUT2D eigenvalue weighted by Gasteiger charge is -2.38. The van der Waals surface area contributed by atoms with Gasteiger partial charge in [0.2, 0.25) is 0 Å². The zero-order valence-corrected chi connectivity index (χ0v) is 23.4. The second kappa shape index (κ2) is 9.03. The lowest BCUT2D eigenvalue weighted by Crippen LogP contribution is -2.58. The number of carbonyl (C=O) groups is 3. The van der Waals surface area contributed by atoms with Crippen molar-refractivity contribution in [3.05, 3.63) is 65.9 Å². The predicted octanol–water partition coefficient (Wildman–Crippen LogP) is 5.72. The van der Waals surface area contributed by atoms with E-state index < -0.39 is 47.0 Å². The molecule has 39 heavy (non-hydrogen) atoms. The second-order valence-electron chi connectivity index (χ2n) is 12.1. The number of amides is 2. The molecule has 1 aromatic heterocycles. The lowest BCUT2D eigenvalue weighted by atomic mass is 9.72. The number of esters is 1. The van der Waals surface area contributed by atoms with Crippen molar-refractivity contribution >= 4 is 34.7 Å². The summed E-state index contributed by atoms with van der Waals surface area (Å²) in [5, 5.41) is 0.929. The summed E-state index contributed by atoms with van der Waals surface area (Å²) in [7, 11) is 1.29. The minimum absolute atomic E-state index is 0.182. The number of rotatable bonds is 2. The molecule has 2 aliphatic heterocycles. The van der Waals surface area contributed by atoms with Crippen LogP contribution in [0.2, 0.25) is 0 Å². The number of hydrogen-bond donors (Lipinski definition) is 1. The van der Waals surface area contributed by atoms with Gasteiger partial charge in [-0.15, -0.1) is 0 Å². The van der Waals surface area contributed by atoms with E-state index >= 15 is 0 Å². The monoisotopic (exact) mass is 533 g/mol. The zero-order chi connectivity index (χ0) is 28.3. The highest BCUT2D eigenvalue weighted by atomic mass is 16.6. The third-order valence-corrected chi connectivity index (χ3v) is 7.18. The van der Waals surface area contributed by atoms with E-state index in [-0.39, 0.29) is 6.42 Å². The highest BCUT2D eigenvalue weighted by Crippen LogP contribution is 2.59. The van der Waals surface area contributed by atoms with E-state index in [0.717, 1.165) is 22.0 Å². The molecule has 0 radical (unpaired) electrons. The number of aromatic nitrogens is 1. The number of carbonyl (C=O) groups excluding carboxylic acids is 3. The van der Waals surface area contributed by atoms with Gasteiger partial charge in [-0.3, -0.25) is 9.80 Å². The van der Waals surface area contributed by atoms with E-state index in [1.807, 2.05) is 54.7 Å². The lowest BCUT2D eigenvalue weighted by molar-refractivity contribution is -0.146. The van der Waals surface area contributed by atoms with Crippen molar-refractivity contribution in [1.82, 2.24) is 9.88 Å². The Morgan fingerprint density at radius 2 is 1.49 bits per heavy atom. The smallest absolute Gasteiger partial charge is 0.416 e. The molecule has 2 aliphatic rings. The maximum atomic E-state index is 13.9. The summed E-state index contributed by atoms with van der Waals surface area (Å²) >= 11 is 0. The Bertz CT molecular complexity index is 1450. The van der Waals surface area contributed by atoms with Gasteiger partial charge in [0.15, 0.2) is 0 Å². The van der Waals surface area contributed by atoms with Gasteiger partial charge < -0.3 is 19.2 Å². The fourth-order valence-corrected chi connectivity index (χ4v) is 5.92. The molecule has 3 aromatic rings. The van der Waals surface area contributed by atoms with E-state index in [4.69, 9.17) is 14.2 Å². The number of nitrogens with zero attached hydrogens (tertiary/aromatic N) is 2. The second-order valence-corrected chi connectivity index (χ2v) is 12.1. The first-order chi connectivity index (χ1) is 18.3. The molecule has 5 rings (SSSR count). The van der Waals surface area contributed by atoms with E-state index in [0.29, 0.717) is 5.69 Å². The molecular formula is C30H35N3O6. The average molecular weight is 534 g/mol. The van der Waals surface area contributed by atoms with Crippen LogP contribution in [0, 0.1) is 0 Å². The van der Waals surface area contributed by atoms with Crippen molar-refractivity contribution < 1.29 is 28.6 Å². The molecule has 206 valence electrons. The molecule has 0 bridgehead atoms. The summed E-state index contributed by atoms with van der Waals surface area (Å²) in [6.45, 7) is 10.6. The fourth-order valence-electron chi connectivity index (χ4n) is 5.92. The molecule has 1 saturated heterocycles. The number of para-hydroxylation sites is 2. The van der Waals surface area contributed by atoms with Crippen molar-refractivity contribution in [2.75, 3.05) is 12.0 Å². The van der Waals surface area contributed by atoms with Gasteiger partial charge in [-0.1, -0.05) is 36.4 Å². The summed E-state index contributed by atoms with van der Waals surface area (Å²) in [6, 6.07) is 14.4. The summed E-state index contributed by atoms with van der Waals surface area (Å²) in [6.07, 6.45) is -0.212. The van der Waals surface area contributed by atoms with Gasteiger partial charge in [-0.25, -0.2) is 14.4 Å². The van der Waals surface area contributed by atoms with Gasteiger partial charge in [0.25, 0.3) is 0 Å². The van der Waals surface area contributed by atoms with Crippen LogP contribution >= 0.6 is 0 Å². The maximum absolute atomic E-state index is 13.9. The maximum Gasteiger partial charge on any atom is 0.416 e. The molecule has 2 amide bonds. The van der Waals surface area contributed by atoms with Crippen LogP contribution in [0.5, 0.6) is 0 Å². The average Bonchev–Trinajstić information content (AvgIpc) is 3.49. The number of methoxy groups -OCH3 is 1. The van der Waals surface area contributed by atoms with Crippen molar-refractivity contribution in [3.63, 3.8) is 0 Å². The Labute approximate surface area is 228 Å².